The lowest BCUT2D eigenvalue weighted by atomic mass is 10.5. The number of aliphatic hydroxyl groups is 1. The molecular weight excluding hydrogens is 224 g/mol. The Hall–Kier alpha value is -1.01. The number of rotatable bonds is 8. The average molecular weight is 242 g/mol. The first kappa shape index (κ1) is 13.1. The first-order valence-electron chi connectivity index (χ1n) is 5.29. The zero-order valence-electron chi connectivity index (χ0n) is 9.44. The third kappa shape index (κ3) is 5.18. The van der Waals surface area contributed by atoms with Gasteiger partial charge in [-0.1, -0.05) is 0 Å². The molecule has 0 radical (unpaired) electrons. The van der Waals surface area contributed by atoms with Crippen molar-refractivity contribution < 1.29 is 5.11 Å². The van der Waals surface area contributed by atoms with Gasteiger partial charge in [-0.3, -0.25) is 4.98 Å². The van der Waals surface area contributed by atoms with Crippen molar-refractivity contribution in [3.63, 3.8) is 0 Å². The van der Waals surface area contributed by atoms with E-state index >= 15 is 0 Å². The van der Waals surface area contributed by atoms with Crippen LogP contribution in [0.3, 0.4) is 0 Å². The van der Waals surface area contributed by atoms with Crippen LogP contribution in [-0.2, 0) is 0 Å². The summed E-state index contributed by atoms with van der Waals surface area (Å²) in [6, 6.07) is 0. The van der Waals surface area contributed by atoms with Crippen molar-refractivity contribution in [1.29, 1.82) is 0 Å². The van der Waals surface area contributed by atoms with Gasteiger partial charge in [0, 0.05) is 26.0 Å². The molecular formula is C10H18N4OS. The van der Waals surface area contributed by atoms with Crippen molar-refractivity contribution in [2.24, 2.45) is 0 Å². The molecule has 0 saturated heterocycles. The molecule has 0 spiro atoms. The highest BCUT2D eigenvalue weighted by molar-refractivity contribution is 7.99. The van der Waals surface area contributed by atoms with Crippen molar-refractivity contribution in [2.75, 3.05) is 42.3 Å². The van der Waals surface area contributed by atoms with Crippen LogP contribution in [-0.4, -0.2) is 46.8 Å². The lowest BCUT2D eigenvalue weighted by Crippen LogP contribution is -2.07. The van der Waals surface area contributed by atoms with Gasteiger partial charge in [0.05, 0.1) is 12.4 Å². The Kier molecular flexibility index (Phi) is 6.67. The summed E-state index contributed by atoms with van der Waals surface area (Å²) in [4.78, 5) is 8.35. The van der Waals surface area contributed by atoms with E-state index < -0.39 is 0 Å². The van der Waals surface area contributed by atoms with Crippen molar-refractivity contribution in [2.45, 2.75) is 6.42 Å². The van der Waals surface area contributed by atoms with Gasteiger partial charge in [0.1, 0.15) is 11.6 Å². The molecule has 0 aliphatic rings. The molecule has 1 aromatic rings. The predicted molar refractivity (Wildman–Crippen MR) is 69.1 cm³/mol. The number of nitrogens with zero attached hydrogens (tertiary/aromatic N) is 2. The Morgan fingerprint density at radius 2 is 2.12 bits per heavy atom. The molecule has 3 N–H and O–H groups in total. The normalized spacial score (nSPS) is 10.1. The zero-order valence-corrected chi connectivity index (χ0v) is 10.3. The number of hydrogen-bond donors (Lipinski definition) is 3. The van der Waals surface area contributed by atoms with E-state index in [9.17, 15) is 0 Å². The smallest absolute Gasteiger partial charge is 0.146 e. The van der Waals surface area contributed by atoms with E-state index in [-0.39, 0.29) is 6.61 Å². The second kappa shape index (κ2) is 8.18. The molecule has 90 valence electrons. The molecule has 16 heavy (non-hydrogen) atoms. The summed E-state index contributed by atoms with van der Waals surface area (Å²) < 4.78 is 0. The second-order valence-corrected chi connectivity index (χ2v) is 4.38. The largest absolute Gasteiger partial charge is 0.396 e. The maximum atomic E-state index is 8.60. The van der Waals surface area contributed by atoms with E-state index in [2.05, 4.69) is 20.6 Å². The maximum absolute atomic E-state index is 8.60. The van der Waals surface area contributed by atoms with Gasteiger partial charge in [-0.25, -0.2) is 4.98 Å². The molecule has 5 nitrogen and oxygen atoms in total. The van der Waals surface area contributed by atoms with Crippen LogP contribution >= 0.6 is 11.8 Å². The Morgan fingerprint density at radius 1 is 1.31 bits per heavy atom. The molecule has 1 heterocycles. The van der Waals surface area contributed by atoms with Crippen molar-refractivity contribution in [3.05, 3.63) is 12.4 Å². The number of nitrogens with one attached hydrogen (secondary N) is 2. The first-order valence-corrected chi connectivity index (χ1v) is 6.44. The Labute approximate surface area is 100 Å². The molecule has 0 fully saturated rings. The van der Waals surface area contributed by atoms with E-state index in [0.717, 1.165) is 36.1 Å². The molecule has 1 rings (SSSR count). The standard InChI is InChI=1S/C10H18N4OS/c1-11-9-7-12-8-10(14-9)13-3-6-16-5-2-4-15/h7-8,15H,2-6H2,1H3,(H2,11,13,14). The Bertz CT molecular complexity index is 298. The molecule has 0 amide bonds. The highest BCUT2D eigenvalue weighted by Crippen LogP contribution is 2.06. The molecule has 0 atom stereocenters. The molecule has 0 aliphatic carbocycles. The van der Waals surface area contributed by atoms with Gasteiger partial charge in [-0.2, -0.15) is 11.8 Å². The topological polar surface area (TPSA) is 70.1 Å². The fraction of sp³-hybridized carbons (Fsp3) is 0.600. The monoisotopic (exact) mass is 242 g/mol. The highest BCUT2D eigenvalue weighted by Gasteiger charge is 1.96. The minimum Gasteiger partial charge on any atom is -0.396 e. The Balaban J connectivity index is 2.16. The van der Waals surface area contributed by atoms with Crippen LogP contribution in [0.25, 0.3) is 0 Å². The summed E-state index contributed by atoms with van der Waals surface area (Å²) >= 11 is 1.82. The molecule has 0 bridgehead atoms. The van der Waals surface area contributed by atoms with Gasteiger partial charge in [0.15, 0.2) is 0 Å². The zero-order chi connectivity index (χ0) is 11.6. The van der Waals surface area contributed by atoms with E-state index in [1.54, 1.807) is 12.4 Å². The van der Waals surface area contributed by atoms with E-state index in [1.807, 2.05) is 18.8 Å². The van der Waals surface area contributed by atoms with Gasteiger partial charge in [0.25, 0.3) is 0 Å². The van der Waals surface area contributed by atoms with Crippen molar-refractivity contribution >= 4 is 23.4 Å². The Morgan fingerprint density at radius 3 is 2.88 bits per heavy atom. The van der Waals surface area contributed by atoms with Crippen LogP contribution < -0.4 is 10.6 Å². The fourth-order valence-electron chi connectivity index (χ4n) is 1.09. The third-order valence-electron chi connectivity index (χ3n) is 1.89. The van der Waals surface area contributed by atoms with E-state index in [0.29, 0.717) is 0 Å². The summed E-state index contributed by atoms with van der Waals surface area (Å²) in [5.74, 6) is 3.55. The van der Waals surface area contributed by atoms with Crippen LogP contribution in [0.15, 0.2) is 12.4 Å². The number of thioether (sulfide) groups is 1. The molecule has 0 aliphatic heterocycles. The second-order valence-electron chi connectivity index (χ2n) is 3.16. The van der Waals surface area contributed by atoms with Gasteiger partial charge in [-0.15, -0.1) is 0 Å². The molecule has 0 aromatic carbocycles. The number of anilines is 2. The molecule has 6 heteroatoms. The van der Waals surface area contributed by atoms with Gasteiger partial charge < -0.3 is 15.7 Å². The molecule has 0 saturated carbocycles. The van der Waals surface area contributed by atoms with Gasteiger partial charge in [0.2, 0.25) is 0 Å². The van der Waals surface area contributed by atoms with Crippen molar-refractivity contribution in [3.8, 4) is 0 Å². The van der Waals surface area contributed by atoms with Crippen LogP contribution in [0, 0.1) is 0 Å². The summed E-state index contributed by atoms with van der Waals surface area (Å²) in [5, 5.41) is 14.7. The van der Waals surface area contributed by atoms with Gasteiger partial charge in [-0.05, 0) is 12.2 Å². The quantitative estimate of drug-likeness (QED) is 0.592. The summed E-state index contributed by atoms with van der Waals surface area (Å²) in [6.07, 6.45) is 4.25. The number of aliphatic hydroxyl groups excluding tert-OH is 1. The van der Waals surface area contributed by atoms with Crippen LogP contribution in [0.5, 0.6) is 0 Å². The van der Waals surface area contributed by atoms with E-state index in [4.69, 9.17) is 5.11 Å². The summed E-state index contributed by atoms with van der Waals surface area (Å²) in [5.41, 5.74) is 0. The highest BCUT2D eigenvalue weighted by atomic mass is 32.2. The minimum absolute atomic E-state index is 0.274. The van der Waals surface area contributed by atoms with Crippen LogP contribution in [0.1, 0.15) is 6.42 Å². The molecule has 1 aromatic heterocycles. The fourth-order valence-corrected chi connectivity index (χ4v) is 1.88. The number of hydrogen-bond acceptors (Lipinski definition) is 6. The third-order valence-corrected chi connectivity index (χ3v) is 2.96. The van der Waals surface area contributed by atoms with E-state index in [1.165, 1.54) is 0 Å². The average Bonchev–Trinajstić information content (AvgIpc) is 2.34. The molecule has 0 unspecified atom stereocenters. The maximum Gasteiger partial charge on any atom is 0.146 e. The summed E-state index contributed by atoms with van der Waals surface area (Å²) in [7, 11) is 1.82. The number of aromatic nitrogens is 2. The first-order chi connectivity index (χ1) is 7.86. The minimum atomic E-state index is 0.274. The predicted octanol–water partition coefficient (Wildman–Crippen LogP) is 1.05. The lowest BCUT2D eigenvalue weighted by molar-refractivity contribution is 0.296. The van der Waals surface area contributed by atoms with Crippen LogP contribution in [0.2, 0.25) is 0 Å². The SMILES string of the molecule is CNc1cncc(NCCSCCCO)n1. The van der Waals surface area contributed by atoms with Gasteiger partial charge >= 0.3 is 0 Å². The van der Waals surface area contributed by atoms with Crippen molar-refractivity contribution in [1.82, 2.24) is 9.97 Å². The lowest BCUT2D eigenvalue weighted by Gasteiger charge is -2.06. The van der Waals surface area contributed by atoms with Crippen LogP contribution in [0.4, 0.5) is 11.6 Å². The summed E-state index contributed by atoms with van der Waals surface area (Å²) in [6.45, 7) is 1.13.